The predicted octanol–water partition coefficient (Wildman–Crippen LogP) is 2.56. The molecule has 2 aliphatic rings. The molecule has 1 saturated heterocycles. The number of sulfonamides is 1. The van der Waals surface area contributed by atoms with Crippen LogP contribution < -0.4 is 4.90 Å². The van der Waals surface area contributed by atoms with Gasteiger partial charge in [-0.2, -0.15) is 4.31 Å². The summed E-state index contributed by atoms with van der Waals surface area (Å²) in [7, 11) is -3.39. The maximum Gasteiger partial charge on any atom is 0.244 e. The van der Waals surface area contributed by atoms with Crippen LogP contribution in [0, 0.1) is 0 Å². The quantitative estimate of drug-likeness (QED) is 0.868. The SMILES string of the molecule is O=S(=O)(c1ccc(N2CCc3ccccc32)nc1)N1CCCC1. The van der Waals surface area contributed by atoms with Gasteiger partial charge in [0.2, 0.25) is 10.0 Å². The van der Waals surface area contributed by atoms with Crippen molar-refractivity contribution in [3.05, 3.63) is 48.2 Å². The number of benzene rings is 1. The summed E-state index contributed by atoms with van der Waals surface area (Å²) in [5.74, 6) is 0.801. The largest absolute Gasteiger partial charge is 0.326 e. The number of aromatic nitrogens is 1. The Labute approximate surface area is 136 Å². The van der Waals surface area contributed by atoms with Crippen LogP contribution in [0.2, 0.25) is 0 Å². The van der Waals surface area contributed by atoms with Crippen LogP contribution in [0.5, 0.6) is 0 Å². The molecule has 0 aliphatic carbocycles. The number of fused-ring (bicyclic) bond motifs is 1. The highest BCUT2D eigenvalue weighted by molar-refractivity contribution is 7.89. The Hall–Kier alpha value is -1.92. The molecule has 4 rings (SSSR count). The topological polar surface area (TPSA) is 53.5 Å². The average molecular weight is 329 g/mol. The number of hydrogen-bond acceptors (Lipinski definition) is 4. The molecular formula is C17H19N3O2S. The van der Waals surface area contributed by atoms with Crippen LogP contribution in [0.4, 0.5) is 11.5 Å². The Kier molecular flexibility index (Phi) is 3.58. The van der Waals surface area contributed by atoms with Crippen LogP contribution in [-0.4, -0.2) is 37.3 Å². The van der Waals surface area contributed by atoms with E-state index in [0.29, 0.717) is 13.1 Å². The third kappa shape index (κ3) is 2.52. The Morgan fingerprint density at radius 1 is 0.957 bits per heavy atom. The van der Waals surface area contributed by atoms with Crippen molar-refractivity contribution < 1.29 is 8.42 Å². The number of nitrogens with zero attached hydrogens (tertiary/aromatic N) is 3. The van der Waals surface area contributed by atoms with Gasteiger partial charge in [0.1, 0.15) is 10.7 Å². The summed E-state index contributed by atoms with van der Waals surface area (Å²) in [6.07, 6.45) is 4.36. The van der Waals surface area contributed by atoms with Crippen LogP contribution in [0.1, 0.15) is 18.4 Å². The van der Waals surface area contributed by atoms with Crippen molar-refractivity contribution in [2.75, 3.05) is 24.5 Å². The summed E-state index contributed by atoms with van der Waals surface area (Å²) >= 11 is 0. The number of rotatable bonds is 3. The van der Waals surface area contributed by atoms with Gasteiger partial charge in [0.05, 0.1) is 0 Å². The lowest BCUT2D eigenvalue weighted by atomic mass is 10.2. The molecule has 0 N–H and O–H groups in total. The maximum atomic E-state index is 12.5. The van der Waals surface area contributed by atoms with E-state index in [1.165, 1.54) is 11.8 Å². The number of anilines is 2. The molecular weight excluding hydrogens is 310 g/mol. The zero-order chi connectivity index (χ0) is 15.9. The van der Waals surface area contributed by atoms with E-state index in [0.717, 1.165) is 37.3 Å². The summed E-state index contributed by atoms with van der Waals surface area (Å²) in [6.45, 7) is 2.11. The molecule has 0 atom stereocenters. The maximum absolute atomic E-state index is 12.5. The Bertz CT molecular complexity index is 812. The molecule has 1 fully saturated rings. The van der Waals surface area contributed by atoms with E-state index < -0.39 is 10.0 Å². The van der Waals surface area contributed by atoms with Crippen molar-refractivity contribution in [3.63, 3.8) is 0 Å². The van der Waals surface area contributed by atoms with E-state index >= 15 is 0 Å². The first-order valence-corrected chi connectivity index (χ1v) is 9.42. The first kappa shape index (κ1) is 14.7. The molecule has 0 amide bonds. The molecule has 0 radical (unpaired) electrons. The first-order valence-electron chi connectivity index (χ1n) is 7.98. The van der Waals surface area contributed by atoms with Crippen LogP contribution in [0.3, 0.4) is 0 Å². The van der Waals surface area contributed by atoms with Gasteiger partial charge in [-0.25, -0.2) is 13.4 Å². The third-order valence-electron chi connectivity index (χ3n) is 4.59. The second kappa shape index (κ2) is 5.62. The van der Waals surface area contributed by atoms with E-state index in [-0.39, 0.29) is 4.90 Å². The molecule has 0 saturated carbocycles. The molecule has 120 valence electrons. The van der Waals surface area contributed by atoms with Gasteiger partial charge in [0, 0.05) is 31.5 Å². The average Bonchev–Trinajstić information content (AvgIpc) is 3.25. The van der Waals surface area contributed by atoms with E-state index in [1.807, 2.05) is 18.2 Å². The lowest BCUT2D eigenvalue weighted by Crippen LogP contribution is -2.28. The molecule has 3 heterocycles. The molecule has 6 heteroatoms. The first-order chi connectivity index (χ1) is 11.2. The number of pyridine rings is 1. The molecule has 5 nitrogen and oxygen atoms in total. The van der Waals surface area contributed by atoms with E-state index in [1.54, 1.807) is 10.4 Å². The molecule has 1 aromatic carbocycles. The smallest absolute Gasteiger partial charge is 0.244 e. The summed E-state index contributed by atoms with van der Waals surface area (Å²) in [4.78, 5) is 6.85. The second-order valence-electron chi connectivity index (χ2n) is 5.99. The van der Waals surface area contributed by atoms with E-state index in [9.17, 15) is 8.42 Å². The van der Waals surface area contributed by atoms with Crippen LogP contribution in [0.25, 0.3) is 0 Å². The zero-order valence-corrected chi connectivity index (χ0v) is 13.7. The third-order valence-corrected chi connectivity index (χ3v) is 6.47. The predicted molar refractivity (Wildman–Crippen MR) is 89.4 cm³/mol. The summed E-state index contributed by atoms with van der Waals surface area (Å²) < 4.78 is 26.6. The minimum atomic E-state index is -3.39. The van der Waals surface area contributed by atoms with Crippen molar-refractivity contribution in [2.24, 2.45) is 0 Å². The number of para-hydroxylation sites is 1. The monoisotopic (exact) mass is 329 g/mol. The normalized spacial score (nSPS) is 18.3. The molecule has 1 aromatic heterocycles. The fraction of sp³-hybridized carbons (Fsp3) is 0.353. The van der Waals surface area contributed by atoms with Gasteiger partial charge in [0.15, 0.2) is 0 Å². The molecule has 0 unspecified atom stereocenters. The molecule has 2 aromatic rings. The Balaban J connectivity index is 1.62. The summed E-state index contributed by atoms with van der Waals surface area (Å²) in [5, 5.41) is 0. The van der Waals surface area contributed by atoms with E-state index in [4.69, 9.17) is 0 Å². The van der Waals surface area contributed by atoms with Crippen molar-refractivity contribution >= 4 is 21.5 Å². The van der Waals surface area contributed by atoms with Crippen molar-refractivity contribution in [3.8, 4) is 0 Å². The Morgan fingerprint density at radius 2 is 1.74 bits per heavy atom. The summed E-state index contributed by atoms with van der Waals surface area (Å²) in [5.41, 5.74) is 2.47. The van der Waals surface area contributed by atoms with Gasteiger partial charge < -0.3 is 4.90 Å². The van der Waals surface area contributed by atoms with Crippen molar-refractivity contribution in [1.29, 1.82) is 0 Å². The Morgan fingerprint density at radius 3 is 2.48 bits per heavy atom. The lowest BCUT2D eigenvalue weighted by Gasteiger charge is -2.19. The standard InChI is InChI=1S/C17H19N3O2S/c21-23(22,19-10-3-4-11-19)15-7-8-17(18-13-15)20-12-9-14-5-1-2-6-16(14)20/h1-2,5-8,13H,3-4,9-12H2. The van der Waals surface area contributed by atoms with Gasteiger partial charge in [-0.1, -0.05) is 18.2 Å². The fourth-order valence-electron chi connectivity index (χ4n) is 3.34. The van der Waals surface area contributed by atoms with Gasteiger partial charge >= 0.3 is 0 Å². The highest BCUT2D eigenvalue weighted by atomic mass is 32.2. The molecule has 0 spiro atoms. The molecule has 23 heavy (non-hydrogen) atoms. The summed E-state index contributed by atoms with van der Waals surface area (Å²) in [6, 6.07) is 11.8. The molecule has 2 aliphatic heterocycles. The van der Waals surface area contributed by atoms with Crippen LogP contribution in [-0.2, 0) is 16.4 Å². The lowest BCUT2D eigenvalue weighted by molar-refractivity contribution is 0.477. The van der Waals surface area contributed by atoms with E-state index in [2.05, 4.69) is 22.0 Å². The fourth-order valence-corrected chi connectivity index (χ4v) is 4.80. The second-order valence-corrected chi connectivity index (χ2v) is 7.93. The van der Waals surface area contributed by atoms with Crippen molar-refractivity contribution in [2.45, 2.75) is 24.2 Å². The minimum absolute atomic E-state index is 0.288. The highest BCUT2D eigenvalue weighted by Crippen LogP contribution is 2.33. The molecule has 0 bridgehead atoms. The minimum Gasteiger partial charge on any atom is -0.326 e. The van der Waals surface area contributed by atoms with Gasteiger partial charge in [-0.3, -0.25) is 0 Å². The number of hydrogen-bond donors (Lipinski definition) is 0. The van der Waals surface area contributed by atoms with Crippen LogP contribution >= 0.6 is 0 Å². The van der Waals surface area contributed by atoms with Gasteiger partial charge in [-0.05, 0) is 43.0 Å². The highest BCUT2D eigenvalue weighted by Gasteiger charge is 2.28. The van der Waals surface area contributed by atoms with Gasteiger partial charge in [-0.15, -0.1) is 0 Å². The van der Waals surface area contributed by atoms with Crippen LogP contribution in [0.15, 0.2) is 47.5 Å². The zero-order valence-electron chi connectivity index (χ0n) is 12.9. The van der Waals surface area contributed by atoms with Crippen molar-refractivity contribution in [1.82, 2.24) is 9.29 Å². The van der Waals surface area contributed by atoms with Gasteiger partial charge in [0.25, 0.3) is 0 Å².